The zero-order valence-electron chi connectivity index (χ0n) is 13.9. The minimum absolute atomic E-state index is 0. The normalized spacial score (nSPS) is 9.70. The summed E-state index contributed by atoms with van der Waals surface area (Å²) >= 11 is 0. The quantitative estimate of drug-likeness (QED) is 0.663. The van der Waals surface area contributed by atoms with E-state index in [1.54, 1.807) is 38.4 Å². The molecule has 0 radical (unpaired) electrons. The van der Waals surface area contributed by atoms with Crippen LogP contribution in [0.5, 0.6) is 5.75 Å². The Balaban J connectivity index is 0.00000484. The summed E-state index contributed by atoms with van der Waals surface area (Å²) in [5.74, 6) is 0.0573. The highest BCUT2D eigenvalue weighted by Crippen LogP contribution is 2.17. The van der Waals surface area contributed by atoms with Crippen molar-refractivity contribution in [1.29, 1.82) is 0 Å². The number of rotatable bonds is 9. The van der Waals surface area contributed by atoms with Crippen LogP contribution in [0.15, 0.2) is 24.3 Å². The maximum Gasteiger partial charge on any atom is 0.259 e. The van der Waals surface area contributed by atoms with Crippen molar-refractivity contribution in [3.8, 4) is 5.75 Å². The van der Waals surface area contributed by atoms with Crippen LogP contribution >= 0.6 is 12.4 Å². The largest absolute Gasteiger partial charge is 0.483 e. The molecule has 1 rings (SSSR count). The second-order valence-corrected chi connectivity index (χ2v) is 5.08. The fourth-order valence-corrected chi connectivity index (χ4v) is 1.71. The SMILES string of the molecule is CCCNCCNC(=O)c1ccccc1OCC(=O)N(C)C.Cl. The van der Waals surface area contributed by atoms with Gasteiger partial charge in [0, 0.05) is 27.2 Å². The topological polar surface area (TPSA) is 70.7 Å². The molecule has 0 fully saturated rings. The maximum atomic E-state index is 12.2. The molecule has 2 amide bonds. The zero-order chi connectivity index (χ0) is 16.4. The van der Waals surface area contributed by atoms with Gasteiger partial charge in [-0.25, -0.2) is 0 Å². The summed E-state index contributed by atoms with van der Waals surface area (Å²) in [6.45, 7) is 4.21. The number of nitrogens with zero attached hydrogens (tertiary/aromatic N) is 1. The molecule has 6 nitrogen and oxygen atoms in total. The third-order valence-corrected chi connectivity index (χ3v) is 3.00. The lowest BCUT2D eigenvalue weighted by Gasteiger charge is -2.14. The molecule has 0 aliphatic carbocycles. The van der Waals surface area contributed by atoms with Crippen LogP contribution in [0.25, 0.3) is 0 Å². The number of hydrogen-bond donors (Lipinski definition) is 2. The van der Waals surface area contributed by atoms with Crippen LogP contribution < -0.4 is 15.4 Å². The number of amides is 2. The monoisotopic (exact) mass is 343 g/mol. The molecule has 0 aromatic heterocycles. The van der Waals surface area contributed by atoms with E-state index in [4.69, 9.17) is 4.74 Å². The Morgan fingerprint density at radius 2 is 1.83 bits per heavy atom. The molecule has 7 heteroatoms. The number of para-hydroxylation sites is 1. The third-order valence-electron chi connectivity index (χ3n) is 3.00. The van der Waals surface area contributed by atoms with Crippen LogP contribution in [0.1, 0.15) is 23.7 Å². The summed E-state index contributed by atoms with van der Waals surface area (Å²) in [6, 6.07) is 6.91. The summed E-state index contributed by atoms with van der Waals surface area (Å²) in [6.07, 6.45) is 1.06. The predicted octanol–water partition coefficient (Wildman–Crippen LogP) is 1.30. The fourth-order valence-electron chi connectivity index (χ4n) is 1.71. The molecule has 0 saturated heterocycles. The lowest BCUT2D eigenvalue weighted by atomic mass is 10.2. The van der Waals surface area contributed by atoms with E-state index < -0.39 is 0 Å². The Hall–Kier alpha value is -1.79. The first-order valence-corrected chi connectivity index (χ1v) is 7.47. The van der Waals surface area contributed by atoms with Crippen LogP contribution in [-0.4, -0.2) is 57.1 Å². The van der Waals surface area contributed by atoms with Crippen molar-refractivity contribution in [2.45, 2.75) is 13.3 Å². The highest BCUT2D eigenvalue weighted by atomic mass is 35.5. The molecule has 0 saturated carbocycles. The molecule has 0 unspecified atom stereocenters. The van der Waals surface area contributed by atoms with Crippen molar-refractivity contribution in [3.05, 3.63) is 29.8 Å². The molecule has 0 aliphatic rings. The van der Waals surface area contributed by atoms with E-state index in [2.05, 4.69) is 17.6 Å². The minimum atomic E-state index is -0.203. The van der Waals surface area contributed by atoms with Crippen molar-refractivity contribution < 1.29 is 14.3 Å². The number of ether oxygens (including phenoxy) is 1. The van der Waals surface area contributed by atoms with Crippen LogP contribution in [0.4, 0.5) is 0 Å². The van der Waals surface area contributed by atoms with E-state index in [1.807, 2.05) is 0 Å². The number of carbonyl (C=O) groups is 2. The average Bonchev–Trinajstić information content (AvgIpc) is 2.52. The lowest BCUT2D eigenvalue weighted by molar-refractivity contribution is -0.130. The summed E-state index contributed by atoms with van der Waals surface area (Å²) in [5.41, 5.74) is 0.435. The second kappa shape index (κ2) is 11.7. The van der Waals surface area contributed by atoms with Gasteiger partial charge in [-0.3, -0.25) is 9.59 Å². The van der Waals surface area contributed by atoms with E-state index >= 15 is 0 Å². The first kappa shape index (κ1) is 21.2. The van der Waals surface area contributed by atoms with Gasteiger partial charge in [-0.05, 0) is 25.1 Å². The van der Waals surface area contributed by atoms with Gasteiger partial charge in [0.05, 0.1) is 5.56 Å². The zero-order valence-corrected chi connectivity index (χ0v) is 14.7. The molecule has 0 heterocycles. The van der Waals surface area contributed by atoms with E-state index in [0.717, 1.165) is 19.5 Å². The lowest BCUT2D eigenvalue weighted by Crippen LogP contribution is -2.32. The highest BCUT2D eigenvalue weighted by molar-refractivity contribution is 5.97. The Morgan fingerprint density at radius 1 is 1.13 bits per heavy atom. The van der Waals surface area contributed by atoms with E-state index in [-0.39, 0.29) is 30.8 Å². The number of hydrogen-bond acceptors (Lipinski definition) is 4. The summed E-state index contributed by atoms with van der Waals surface area (Å²) in [7, 11) is 3.32. The van der Waals surface area contributed by atoms with Crippen LogP contribution in [0, 0.1) is 0 Å². The Kier molecular flexibility index (Phi) is 10.8. The van der Waals surface area contributed by atoms with Gasteiger partial charge in [0.15, 0.2) is 6.61 Å². The Bertz CT molecular complexity index is 495. The van der Waals surface area contributed by atoms with Gasteiger partial charge < -0.3 is 20.3 Å². The molecule has 1 aromatic carbocycles. The Labute approximate surface area is 144 Å². The van der Waals surface area contributed by atoms with Crippen LogP contribution in [-0.2, 0) is 4.79 Å². The summed E-state index contributed by atoms with van der Waals surface area (Å²) in [4.78, 5) is 25.2. The first-order valence-electron chi connectivity index (χ1n) is 7.47. The van der Waals surface area contributed by atoms with Gasteiger partial charge in [-0.1, -0.05) is 19.1 Å². The molecule has 23 heavy (non-hydrogen) atoms. The minimum Gasteiger partial charge on any atom is -0.483 e. The van der Waals surface area contributed by atoms with E-state index in [0.29, 0.717) is 17.9 Å². The number of likely N-dealkylation sites (N-methyl/N-ethyl adjacent to an activating group) is 1. The first-order chi connectivity index (χ1) is 10.6. The van der Waals surface area contributed by atoms with Gasteiger partial charge in [0.25, 0.3) is 11.8 Å². The van der Waals surface area contributed by atoms with Gasteiger partial charge in [-0.15, -0.1) is 12.4 Å². The molecular formula is C16H26ClN3O3. The number of halogens is 1. The van der Waals surface area contributed by atoms with E-state index in [1.165, 1.54) is 4.90 Å². The molecular weight excluding hydrogens is 318 g/mol. The molecule has 2 N–H and O–H groups in total. The van der Waals surface area contributed by atoms with Gasteiger partial charge >= 0.3 is 0 Å². The highest BCUT2D eigenvalue weighted by Gasteiger charge is 2.13. The van der Waals surface area contributed by atoms with Crippen molar-refractivity contribution in [2.75, 3.05) is 40.3 Å². The molecule has 0 spiro atoms. The van der Waals surface area contributed by atoms with Gasteiger partial charge in [-0.2, -0.15) is 0 Å². The predicted molar refractivity (Wildman–Crippen MR) is 93.4 cm³/mol. The smallest absolute Gasteiger partial charge is 0.259 e. The molecule has 130 valence electrons. The number of carbonyl (C=O) groups excluding carboxylic acids is 2. The van der Waals surface area contributed by atoms with E-state index in [9.17, 15) is 9.59 Å². The number of benzene rings is 1. The maximum absolute atomic E-state index is 12.2. The fraction of sp³-hybridized carbons (Fsp3) is 0.500. The van der Waals surface area contributed by atoms with Gasteiger partial charge in [0.1, 0.15) is 5.75 Å². The van der Waals surface area contributed by atoms with Crippen LogP contribution in [0.3, 0.4) is 0 Å². The molecule has 0 atom stereocenters. The summed E-state index contributed by atoms with van der Waals surface area (Å²) < 4.78 is 5.46. The molecule has 1 aromatic rings. The number of nitrogens with one attached hydrogen (secondary N) is 2. The average molecular weight is 344 g/mol. The second-order valence-electron chi connectivity index (χ2n) is 5.08. The van der Waals surface area contributed by atoms with Crippen molar-refractivity contribution in [2.24, 2.45) is 0 Å². The molecule has 0 aliphatic heterocycles. The molecule has 0 bridgehead atoms. The van der Waals surface area contributed by atoms with Crippen LogP contribution in [0.2, 0.25) is 0 Å². The third kappa shape index (κ3) is 7.85. The van der Waals surface area contributed by atoms with Gasteiger partial charge in [0.2, 0.25) is 0 Å². The Morgan fingerprint density at radius 3 is 2.48 bits per heavy atom. The summed E-state index contributed by atoms with van der Waals surface area (Å²) in [5, 5.41) is 6.04. The standard InChI is InChI=1S/C16H25N3O3.ClH/c1-4-9-17-10-11-18-16(21)13-7-5-6-8-14(13)22-12-15(20)19(2)3;/h5-8,17H,4,9-12H2,1-3H3,(H,18,21);1H. The van der Waals surface area contributed by atoms with Crippen molar-refractivity contribution in [1.82, 2.24) is 15.5 Å². The van der Waals surface area contributed by atoms with Crippen molar-refractivity contribution >= 4 is 24.2 Å². The van der Waals surface area contributed by atoms with Crippen molar-refractivity contribution in [3.63, 3.8) is 0 Å².